The Bertz CT molecular complexity index is 1220. The van der Waals surface area contributed by atoms with Crippen LogP contribution in [0.3, 0.4) is 0 Å². The summed E-state index contributed by atoms with van der Waals surface area (Å²) in [5.41, 5.74) is 4.03. The van der Waals surface area contributed by atoms with Crippen molar-refractivity contribution in [3.05, 3.63) is 95.0 Å². The minimum Gasteiger partial charge on any atom is -0.478 e. The summed E-state index contributed by atoms with van der Waals surface area (Å²) < 4.78 is 1.87. The van der Waals surface area contributed by atoms with E-state index >= 15 is 0 Å². The molecule has 2 N–H and O–H groups in total. The van der Waals surface area contributed by atoms with E-state index in [2.05, 4.69) is 20.3 Å². The van der Waals surface area contributed by atoms with E-state index in [1.807, 2.05) is 45.2 Å². The molecule has 3 heterocycles. The van der Waals surface area contributed by atoms with E-state index in [1.165, 1.54) is 12.1 Å². The van der Waals surface area contributed by atoms with Crippen LogP contribution in [-0.2, 0) is 13.0 Å². The minimum atomic E-state index is -0.979. The second-order valence-electron chi connectivity index (χ2n) is 6.91. The number of amides is 1. The second kappa shape index (κ2) is 12.8. The molecule has 4 aromatic rings. The Morgan fingerprint density at radius 2 is 1.59 bits per heavy atom. The molecule has 0 aliphatic carbocycles. The molecule has 4 rings (SSSR count). The van der Waals surface area contributed by atoms with E-state index in [0.29, 0.717) is 24.2 Å². The van der Waals surface area contributed by atoms with Crippen LogP contribution >= 0.6 is 0 Å². The number of hydrogen-bond acceptors (Lipinski definition) is 5. The highest BCUT2D eigenvalue weighted by molar-refractivity contribution is 5.95. The first-order chi connectivity index (χ1) is 16.5. The summed E-state index contributed by atoms with van der Waals surface area (Å²) in [5, 5.41) is 11.8. The fraction of sp³-hybridized carbons (Fsp3) is 0.269. The van der Waals surface area contributed by atoms with Gasteiger partial charge in [0.1, 0.15) is 11.5 Å². The van der Waals surface area contributed by atoms with Gasteiger partial charge in [0.15, 0.2) is 0 Å². The van der Waals surface area contributed by atoms with E-state index in [4.69, 9.17) is 5.11 Å². The highest BCUT2D eigenvalue weighted by Crippen LogP contribution is 2.12. The summed E-state index contributed by atoms with van der Waals surface area (Å²) in [4.78, 5) is 36.4. The lowest BCUT2D eigenvalue weighted by molar-refractivity contribution is 0.0696. The number of imidazole rings is 1. The molecule has 0 saturated heterocycles. The third-order valence-corrected chi connectivity index (χ3v) is 4.65. The molecule has 0 atom stereocenters. The normalized spacial score (nSPS) is 9.91. The number of aromatic nitrogens is 4. The Kier molecular flexibility index (Phi) is 9.89. The predicted octanol–water partition coefficient (Wildman–Crippen LogP) is 4.70. The van der Waals surface area contributed by atoms with E-state index in [0.717, 1.165) is 22.6 Å². The van der Waals surface area contributed by atoms with Crippen LogP contribution in [0.5, 0.6) is 0 Å². The van der Waals surface area contributed by atoms with Gasteiger partial charge >= 0.3 is 5.97 Å². The lowest BCUT2D eigenvalue weighted by Crippen LogP contribution is -2.22. The molecule has 0 saturated carbocycles. The van der Waals surface area contributed by atoms with Gasteiger partial charge in [-0.3, -0.25) is 4.79 Å². The minimum absolute atomic E-state index is 0.211. The van der Waals surface area contributed by atoms with Crippen LogP contribution < -0.4 is 5.32 Å². The number of aromatic carboxylic acids is 1. The lowest BCUT2D eigenvalue weighted by Gasteiger charge is -2.06. The molecule has 34 heavy (non-hydrogen) atoms. The quantitative estimate of drug-likeness (QED) is 0.431. The number of aryl methyl sites for hydroxylation is 1. The molecular weight excluding hydrogens is 430 g/mol. The summed E-state index contributed by atoms with van der Waals surface area (Å²) in [6.07, 6.45) is 7.90. The van der Waals surface area contributed by atoms with Crippen molar-refractivity contribution in [1.29, 1.82) is 0 Å². The summed E-state index contributed by atoms with van der Waals surface area (Å²) in [6.45, 7) is 10.1. The number of benzene rings is 1. The molecule has 0 radical (unpaired) electrons. The van der Waals surface area contributed by atoms with Gasteiger partial charge in [0.25, 0.3) is 5.91 Å². The summed E-state index contributed by atoms with van der Waals surface area (Å²) in [6, 6.07) is 9.86. The molecule has 3 aromatic heterocycles. The average Bonchev–Trinajstić information content (AvgIpc) is 3.28. The highest BCUT2D eigenvalue weighted by atomic mass is 16.4. The summed E-state index contributed by atoms with van der Waals surface area (Å²) in [5.74, 6) is -0.480. The first-order valence-corrected chi connectivity index (χ1v) is 11.3. The lowest BCUT2D eigenvalue weighted by atomic mass is 10.1. The largest absolute Gasteiger partial charge is 0.478 e. The smallest absolute Gasteiger partial charge is 0.335 e. The first-order valence-electron chi connectivity index (χ1n) is 11.3. The van der Waals surface area contributed by atoms with Gasteiger partial charge in [0.2, 0.25) is 0 Å². The number of pyridine rings is 1. The van der Waals surface area contributed by atoms with Gasteiger partial charge in [0.05, 0.1) is 11.3 Å². The Hall–Kier alpha value is -4.07. The molecule has 0 spiro atoms. The summed E-state index contributed by atoms with van der Waals surface area (Å²) in [7, 11) is 0. The van der Waals surface area contributed by atoms with Gasteiger partial charge in [-0.15, -0.1) is 0 Å². The van der Waals surface area contributed by atoms with Crippen LogP contribution in [0.4, 0.5) is 0 Å². The maximum atomic E-state index is 12.5. The second-order valence-corrected chi connectivity index (χ2v) is 6.91. The monoisotopic (exact) mass is 461 g/mol. The third-order valence-electron chi connectivity index (χ3n) is 4.65. The van der Waals surface area contributed by atoms with Crippen LogP contribution in [0.15, 0.2) is 61.2 Å². The third kappa shape index (κ3) is 6.96. The molecule has 0 aliphatic rings. The van der Waals surface area contributed by atoms with Gasteiger partial charge in [-0.2, -0.15) is 0 Å². The van der Waals surface area contributed by atoms with Crippen molar-refractivity contribution < 1.29 is 14.7 Å². The van der Waals surface area contributed by atoms with E-state index in [1.54, 1.807) is 42.9 Å². The van der Waals surface area contributed by atoms with Crippen LogP contribution in [0.1, 0.15) is 71.1 Å². The van der Waals surface area contributed by atoms with Crippen molar-refractivity contribution in [1.82, 2.24) is 24.7 Å². The molecule has 0 bridgehead atoms. The van der Waals surface area contributed by atoms with Gasteiger partial charge in [-0.05, 0) is 42.3 Å². The molecule has 8 nitrogen and oxygen atoms in total. The van der Waals surface area contributed by atoms with Crippen molar-refractivity contribution in [3.63, 3.8) is 0 Å². The van der Waals surface area contributed by atoms with Gasteiger partial charge in [0, 0.05) is 43.3 Å². The number of nitrogens with one attached hydrogen (secondary N) is 1. The number of carbonyl (C=O) groups excluding carboxylic acids is 1. The molecule has 0 aliphatic heterocycles. The van der Waals surface area contributed by atoms with Crippen LogP contribution in [-0.4, -0.2) is 36.3 Å². The van der Waals surface area contributed by atoms with Crippen LogP contribution in [0.2, 0.25) is 0 Å². The number of carbonyl (C=O) groups is 2. The molecule has 178 valence electrons. The van der Waals surface area contributed by atoms with E-state index in [9.17, 15) is 9.59 Å². The van der Waals surface area contributed by atoms with Crippen molar-refractivity contribution in [2.24, 2.45) is 0 Å². The molecule has 0 unspecified atom stereocenters. The van der Waals surface area contributed by atoms with Crippen LogP contribution in [0.25, 0.3) is 5.65 Å². The highest BCUT2D eigenvalue weighted by Gasteiger charge is 2.10. The number of carboxylic acid groups (broad SMARTS) is 1. The predicted molar refractivity (Wildman–Crippen MR) is 132 cm³/mol. The van der Waals surface area contributed by atoms with Crippen molar-refractivity contribution in [2.45, 2.75) is 47.6 Å². The standard InChI is InChI=1S/C22H19N5O3.2C2H6/c1-14-23-11-16(12-24-14)8-19-13-27-7-6-18(9-20(27)26-19)21(28)25-10-15-2-4-17(5-3-15)22(29)30;2*1-2/h2-7,9,11-13H,8,10H2,1H3,(H,25,28)(H,29,30);2*1-2H3. The van der Waals surface area contributed by atoms with Gasteiger partial charge < -0.3 is 14.8 Å². The zero-order valence-corrected chi connectivity index (χ0v) is 20.2. The molecular formula is C26H31N5O3. The zero-order valence-electron chi connectivity index (χ0n) is 20.2. The number of fused-ring (bicyclic) bond motifs is 1. The molecule has 8 heteroatoms. The number of rotatable bonds is 6. The van der Waals surface area contributed by atoms with Crippen LogP contribution in [0, 0.1) is 6.92 Å². The van der Waals surface area contributed by atoms with Crippen molar-refractivity contribution in [2.75, 3.05) is 0 Å². The molecule has 0 fully saturated rings. The summed E-state index contributed by atoms with van der Waals surface area (Å²) >= 11 is 0. The Labute approximate surface area is 199 Å². The maximum absolute atomic E-state index is 12.5. The Morgan fingerprint density at radius 1 is 0.941 bits per heavy atom. The topological polar surface area (TPSA) is 109 Å². The zero-order chi connectivity index (χ0) is 25.1. The SMILES string of the molecule is CC.CC.Cc1ncc(Cc2cn3ccc(C(=O)NCc4ccc(C(=O)O)cc4)cc3n2)cn1. The average molecular weight is 462 g/mol. The fourth-order valence-electron chi connectivity index (χ4n) is 3.03. The van der Waals surface area contributed by atoms with E-state index < -0.39 is 5.97 Å². The molecule has 1 aromatic carbocycles. The first kappa shape index (κ1) is 26.2. The fourth-order valence-corrected chi connectivity index (χ4v) is 3.03. The number of hydrogen-bond donors (Lipinski definition) is 2. The van der Waals surface area contributed by atoms with Gasteiger partial charge in [-0.1, -0.05) is 39.8 Å². The Morgan fingerprint density at radius 3 is 2.21 bits per heavy atom. The van der Waals surface area contributed by atoms with Gasteiger partial charge in [-0.25, -0.2) is 19.7 Å². The number of nitrogens with zero attached hydrogens (tertiary/aromatic N) is 4. The van der Waals surface area contributed by atoms with Crippen molar-refractivity contribution in [3.8, 4) is 0 Å². The molecule has 1 amide bonds. The maximum Gasteiger partial charge on any atom is 0.335 e. The van der Waals surface area contributed by atoms with Crippen molar-refractivity contribution >= 4 is 17.5 Å². The Balaban J connectivity index is 0.000000970. The number of carboxylic acids is 1. The van der Waals surface area contributed by atoms with E-state index in [-0.39, 0.29) is 11.5 Å².